The van der Waals surface area contributed by atoms with Crippen LogP contribution in [0.15, 0.2) is 0 Å². The summed E-state index contributed by atoms with van der Waals surface area (Å²) in [6.45, 7) is 49.0. The number of carboxylic acids is 3. The van der Waals surface area contributed by atoms with E-state index in [1.165, 1.54) is 59.9 Å². The second-order valence-corrected chi connectivity index (χ2v) is 37.2. The normalized spacial score (nSPS) is 20.6. The molecule has 3 spiro atoms. The van der Waals surface area contributed by atoms with E-state index in [9.17, 15) is 94.7 Å². The van der Waals surface area contributed by atoms with E-state index in [2.05, 4.69) is 138 Å². The predicted octanol–water partition coefficient (Wildman–Crippen LogP) is 10.9. The molecular weight excluding hydrogens is 2100 g/mol. The number of primary amides is 1. The minimum Gasteiger partial charge on any atom is -0.503 e. The number of carbonyl (C=O) groups excluding carboxylic acids is 18. The van der Waals surface area contributed by atoms with Crippen LogP contribution < -0.4 is 64.6 Å². The summed E-state index contributed by atoms with van der Waals surface area (Å²) in [6, 6.07) is -3.14. The number of halogens is 4. The summed E-state index contributed by atoms with van der Waals surface area (Å²) in [5.74, 6) is -9.86. The molecule has 9 fully saturated rings. The number of barbiturate groups is 3. The minimum atomic E-state index is -5.08. The summed E-state index contributed by atoms with van der Waals surface area (Å²) in [7, 11) is 3.83. The number of nitrogens with two attached hydrogens (primary N) is 2. The Labute approximate surface area is 899 Å². The largest absolute Gasteiger partial charge is 0.503 e. The average molecular weight is 2250 g/mol. The fraction of sp³-hybridized carbons (Fsp3) is 0.700. The molecule has 797 valence electrons. The molecule has 6 aliphatic carbocycles. The van der Waals surface area contributed by atoms with Crippen LogP contribution in [0.3, 0.4) is 0 Å². The summed E-state index contributed by atoms with van der Waals surface area (Å²) in [4.78, 5) is 231. The van der Waals surface area contributed by atoms with Crippen LogP contribution in [0.1, 0.15) is 284 Å². The monoisotopic (exact) mass is 2250 g/mol. The first kappa shape index (κ1) is 145. The Hall–Kier alpha value is -8.17. The van der Waals surface area contributed by atoms with Crippen molar-refractivity contribution in [3.63, 3.8) is 0 Å². The first-order valence-electron chi connectivity index (χ1n) is 44.4. The van der Waals surface area contributed by atoms with E-state index in [1.54, 1.807) is 62.3 Å². The Morgan fingerprint density at radius 2 is 0.686 bits per heavy atom. The van der Waals surface area contributed by atoms with Crippen LogP contribution in [0.5, 0.6) is 0 Å². The molecule has 43 nitrogen and oxygen atoms in total. The summed E-state index contributed by atoms with van der Waals surface area (Å²) in [6.07, 6.45) is 12.9. The number of carbonyl (C=O) groups is 21. The molecule has 8 atom stereocenters. The van der Waals surface area contributed by atoms with Crippen molar-refractivity contribution >= 4 is 136 Å². The number of imide groups is 6. The number of carboxylic acid groups (broad SMARTS) is 3. The third-order valence-electron chi connectivity index (χ3n) is 20.2. The maximum absolute atomic E-state index is 12.0. The zero-order chi connectivity index (χ0) is 107. The van der Waals surface area contributed by atoms with Crippen LogP contribution >= 0.6 is 11.6 Å². The second kappa shape index (κ2) is 70.5. The van der Waals surface area contributed by atoms with Crippen LogP contribution in [0, 0.1) is 81.0 Å². The topological polar surface area (TPSA) is 656 Å². The van der Waals surface area contributed by atoms with Crippen LogP contribution in [-0.4, -0.2) is 220 Å². The Morgan fingerprint density at radius 1 is 0.429 bits per heavy atom. The molecule has 0 aromatic heterocycles. The third-order valence-corrected chi connectivity index (χ3v) is 20.2. The van der Waals surface area contributed by atoms with Crippen molar-refractivity contribution in [1.29, 1.82) is 0 Å². The SMILES string of the molecule is CC(C)(C)OC(=O)NC1CCC(C(=O)O)C1.CC(C)(C)OC(=O)NC1CCC2(C1)C(=O)NC(=O)NC2=O.CC1CCC2(C1)C(=O)NC(=O)NC2=O.COC(=O)C1(C(=O)OC)CCC(NC(=O)OC(C)(C)C)C1.COC(=O)C1CCC(NC(=O)OC(C)(C)C)C1.NC1CCC2(C1)C(=O)NC(=O)NC2=O.O=C(O)C(F)(F)F.[CH2-]C(=O)Cl.[CH2-]C(=O)O.[CH2-]C(N)=O.[CH2-]CCCC.[CH2-]CCCC.[CH2-]CCCC.[Y].[Y].[Y]. The molecule has 8 unspecified atom stereocenters. The molecule has 0 bridgehead atoms. The zero-order valence-corrected chi connectivity index (χ0v) is 93.4. The number of unbranched alkanes of at least 4 members (excludes halogenated alkanes) is 6. The maximum Gasteiger partial charge on any atom is 0.490 e. The Balaban J connectivity index is -0.000000284. The van der Waals surface area contributed by atoms with Gasteiger partial charge in [-0.25, -0.2) is 38.4 Å². The molecule has 3 saturated heterocycles. The number of hydrogen-bond acceptors (Lipinski definition) is 29. The zero-order valence-electron chi connectivity index (χ0n) is 84.1. The Bertz CT molecular complexity index is 3810. The maximum atomic E-state index is 12.0. The van der Waals surface area contributed by atoms with Gasteiger partial charge in [0.2, 0.25) is 35.4 Å². The van der Waals surface area contributed by atoms with E-state index in [4.69, 9.17) is 68.7 Å². The van der Waals surface area contributed by atoms with Gasteiger partial charge in [0.25, 0.3) is 0 Å². The number of esters is 3. The molecular formula is C90H148ClF3N12O31Y3-6. The summed E-state index contributed by atoms with van der Waals surface area (Å²) < 4.78 is 66.4. The van der Waals surface area contributed by atoms with Gasteiger partial charge in [0, 0.05) is 128 Å². The molecule has 17 amide bonds. The van der Waals surface area contributed by atoms with Crippen molar-refractivity contribution in [3.8, 4) is 0 Å². The van der Waals surface area contributed by atoms with Gasteiger partial charge in [-0.1, -0.05) is 77.8 Å². The third kappa shape index (κ3) is 61.1. The average Bonchev–Trinajstić information content (AvgIpc) is 1.61. The summed E-state index contributed by atoms with van der Waals surface area (Å²) in [5, 5.41) is 46.1. The van der Waals surface area contributed by atoms with Gasteiger partial charge >= 0.3 is 78.5 Å². The molecule has 3 radical (unpaired) electrons. The van der Waals surface area contributed by atoms with Crippen molar-refractivity contribution in [2.45, 2.75) is 343 Å². The Morgan fingerprint density at radius 3 is 0.914 bits per heavy atom. The first-order chi connectivity index (χ1) is 62.8. The molecule has 17 N–H and O–H groups in total. The number of urea groups is 3. The van der Waals surface area contributed by atoms with Gasteiger partial charge in [-0.3, -0.25) is 91.6 Å². The van der Waals surface area contributed by atoms with Gasteiger partial charge < -0.3 is 125 Å². The smallest absolute Gasteiger partial charge is 0.490 e. The van der Waals surface area contributed by atoms with E-state index in [1.807, 2.05) is 27.7 Å². The number of nitrogens with one attached hydrogen (secondary N) is 10. The van der Waals surface area contributed by atoms with Gasteiger partial charge in [-0.2, -0.15) is 32.4 Å². The molecule has 0 aromatic rings. The van der Waals surface area contributed by atoms with Gasteiger partial charge in [-0.05, 0) is 205 Å². The van der Waals surface area contributed by atoms with Gasteiger partial charge in [0.15, 0.2) is 11.4 Å². The van der Waals surface area contributed by atoms with E-state index in [-0.39, 0.29) is 172 Å². The summed E-state index contributed by atoms with van der Waals surface area (Å²) >= 11 is 4.52. The molecule has 6 saturated carbocycles. The van der Waals surface area contributed by atoms with Gasteiger partial charge in [-0.15, -0.1) is 0 Å². The van der Waals surface area contributed by atoms with Crippen LogP contribution in [0.4, 0.5) is 46.7 Å². The van der Waals surface area contributed by atoms with Crippen molar-refractivity contribution in [1.82, 2.24) is 53.2 Å². The Kier molecular flexibility index (Phi) is 72.9. The van der Waals surface area contributed by atoms with Gasteiger partial charge in [0.05, 0.1) is 44.3 Å². The van der Waals surface area contributed by atoms with Crippen molar-refractivity contribution in [3.05, 3.63) is 41.5 Å². The molecule has 9 aliphatic rings. The molecule has 3 aliphatic heterocycles. The number of amides is 17. The van der Waals surface area contributed by atoms with Crippen LogP contribution in [0.2, 0.25) is 0 Å². The molecule has 50 heteroatoms. The van der Waals surface area contributed by atoms with Crippen LogP contribution in [0.25, 0.3) is 0 Å². The number of alkyl carbamates (subject to hydrolysis) is 4. The second-order valence-electron chi connectivity index (χ2n) is 36.8. The first-order valence-corrected chi connectivity index (χ1v) is 44.8. The van der Waals surface area contributed by atoms with E-state index < -0.39 is 169 Å². The predicted molar refractivity (Wildman–Crippen MR) is 490 cm³/mol. The van der Waals surface area contributed by atoms with Crippen molar-refractivity contribution in [2.24, 2.45) is 50.9 Å². The molecule has 0 aromatic carbocycles. The summed E-state index contributed by atoms with van der Waals surface area (Å²) in [5.41, 5.74) is 3.06. The van der Waals surface area contributed by atoms with Crippen molar-refractivity contribution < 1.29 is 260 Å². The number of ether oxygens (including phenoxy) is 7. The number of hydrogen-bond donors (Lipinski definition) is 15. The van der Waals surface area contributed by atoms with E-state index in [0.29, 0.717) is 76.5 Å². The number of aliphatic carboxylic acids is 3. The number of alkyl halides is 3. The van der Waals surface area contributed by atoms with Crippen molar-refractivity contribution in [2.75, 3.05) is 21.3 Å². The number of rotatable bonds is 14. The minimum absolute atomic E-state index is 0. The van der Waals surface area contributed by atoms with Gasteiger partial charge in [0.1, 0.15) is 38.6 Å². The number of methoxy groups -OCH3 is 3. The van der Waals surface area contributed by atoms with E-state index in [0.717, 1.165) is 38.5 Å². The van der Waals surface area contributed by atoms with E-state index >= 15 is 0 Å². The molecule has 9 rings (SSSR count). The fourth-order valence-electron chi connectivity index (χ4n) is 14.0. The van der Waals surface area contributed by atoms with Crippen LogP contribution in [-0.2, 0) is 198 Å². The quantitative estimate of drug-likeness (QED) is 0.0252. The molecule has 3 heterocycles. The fourth-order valence-corrected chi connectivity index (χ4v) is 14.0. The molecule has 140 heavy (non-hydrogen) atoms. The standard InChI is InChI=1S/C14H23NO6.C13H19N3O5.C12H21NO4.C11H19NO4.C9H12N2O3.C8H11N3O3.3C5H11.C2H2ClO.C2HF3O2.C2H4NO.C2H3O2.3Y/c1-13(2,3)21-12(18)15-9-6-7-14(8-9,10(16)19-4)11(17)20-5;1-12(2,3)21-11(20)14-7-4-5-13(6-7)8(17)15-10(19)16-9(13)18;1-12(2,3)17-11(15)13-9-6-5-8(7-9)10(14)16-4;1-11(2,3)16-10(15)12-8-5-4-7(6-8)9(13)14;1-5-2-3-9(4-5)6(12)10-8(14)11-7(9)13;9-4-1-2-8(3-4)5(12)10-7(14)11-6(8)13;3*1-3-5-4-2;1-2(3)4;3-2(4,5)1(6)7;2*1-2(3)4;;;/h9H,6-8H2,1-5H3,(H,15,18);7H,4-6H2,1-3H3,(H,14,20)(H2,15,16,17,18,19);8-9H,5-7H2,1-4H3,(H,13,15);7-8H,4-6H2,1-3H3,(H,12,15)(H,13,14);5H,2-4H2,1H3,(H2,10,11,12,13,14);4H,1-3,9H2,(H2,10,11,12,13,14);3*1,3-5H2,2H3;1H2;(H,6,7);1H2,(H2,3,4);1H2,(H,3,4);;;/q;;;;;;4*-1;;2*-1;;;.